The van der Waals surface area contributed by atoms with Gasteiger partial charge >= 0.3 is 0 Å². The van der Waals surface area contributed by atoms with Crippen LogP contribution >= 0.6 is 12.4 Å². The van der Waals surface area contributed by atoms with Crippen molar-refractivity contribution in [1.82, 2.24) is 25.2 Å². The fraction of sp³-hybridized carbons (Fsp3) is 0.529. The summed E-state index contributed by atoms with van der Waals surface area (Å²) in [4.78, 5) is 25.9. The monoisotopic (exact) mass is 363 g/mol. The van der Waals surface area contributed by atoms with Gasteiger partial charge in [-0.05, 0) is 36.9 Å². The van der Waals surface area contributed by atoms with Crippen LogP contribution in [0.3, 0.4) is 0 Å². The molecule has 2 aromatic rings. The van der Waals surface area contributed by atoms with Crippen molar-refractivity contribution in [2.45, 2.75) is 25.9 Å². The van der Waals surface area contributed by atoms with Crippen LogP contribution in [0.1, 0.15) is 13.3 Å². The molecule has 0 bridgehead atoms. The molecule has 2 atom stereocenters. The third-order valence-electron chi connectivity index (χ3n) is 5.11. The summed E-state index contributed by atoms with van der Waals surface area (Å²) < 4.78 is 1.46. The molecule has 2 fully saturated rings. The van der Waals surface area contributed by atoms with Crippen LogP contribution in [-0.2, 0) is 11.3 Å². The summed E-state index contributed by atoms with van der Waals surface area (Å²) in [6, 6.07) is 7.67. The zero-order valence-electron chi connectivity index (χ0n) is 14.1. The van der Waals surface area contributed by atoms with Gasteiger partial charge in [0.05, 0.1) is 5.39 Å². The van der Waals surface area contributed by atoms with Crippen molar-refractivity contribution in [3.05, 3.63) is 34.6 Å². The number of carbonyl (C=O) groups is 1. The predicted octanol–water partition coefficient (Wildman–Crippen LogP) is 0.670. The second kappa shape index (κ2) is 7.09. The first kappa shape index (κ1) is 17.8. The van der Waals surface area contributed by atoms with Gasteiger partial charge in [0.15, 0.2) is 0 Å². The minimum absolute atomic E-state index is 0. The van der Waals surface area contributed by atoms with Crippen molar-refractivity contribution >= 4 is 29.2 Å². The Balaban J connectivity index is 0.00000182. The number of likely N-dealkylation sites (tertiary alicyclic amines) is 1. The Morgan fingerprint density at radius 2 is 1.96 bits per heavy atom. The van der Waals surface area contributed by atoms with E-state index >= 15 is 0 Å². The molecule has 0 radical (unpaired) electrons. The molecule has 134 valence electrons. The van der Waals surface area contributed by atoms with Gasteiger partial charge in [0.1, 0.15) is 5.52 Å². The molecular formula is C17H22ClN5O2. The van der Waals surface area contributed by atoms with Crippen LogP contribution in [0.4, 0.5) is 0 Å². The topological polar surface area (TPSA) is 80.1 Å². The number of fused-ring (bicyclic) bond motifs is 2. The summed E-state index contributed by atoms with van der Waals surface area (Å²) in [6.07, 6.45) is 0.872. The van der Waals surface area contributed by atoms with Gasteiger partial charge in [0.25, 0.3) is 5.56 Å². The number of amides is 1. The first-order chi connectivity index (χ1) is 11.6. The van der Waals surface area contributed by atoms with Gasteiger partial charge < -0.3 is 10.2 Å². The van der Waals surface area contributed by atoms with Crippen molar-refractivity contribution < 1.29 is 4.79 Å². The highest BCUT2D eigenvalue weighted by Gasteiger charge is 2.55. The lowest BCUT2D eigenvalue weighted by Crippen LogP contribution is -2.34. The molecule has 8 heteroatoms. The molecule has 2 unspecified atom stereocenters. The van der Waals surface area contributed by atoms with E-state index < -0.39 is 0 Å². The van der Waals surface area contributed by atoms with Gasteiger partial charge in [0, 0.05) is 32.6 Å². The first-order valence-corrected chi connectivity index (χ1v) is 8.45. The van der Waals surface area contributed by atoms with E-state index in [0.717, 1.165) is 26.1 Å². The molecule has 1 aliphatic carbocycles. The smallest absolute Gasteiger partial charge is 0.277 e. The van der Waals surface area contributed by atoms with E-state index in [9.17, 15) is 9.59 Å². The van der Waals surface area contributed by atoms with Crippen molar-refractivity contribution in [2.24, 2.45) is 11.8 Å². The number of piperidine rings is 1. The molecule has 2 heterocycles. The summed E-state index contributed by atoms with van der Waals surface area (Å²) in [5.41, 5.74) is 0.568. The van der Waals surface area contributed by atoms with E-state index in [1.807, 2.05) is 12.1 Å². The Kier molecular flexibility index (Phi) is 5.06. The Hall–Kier alpha value is -1.99. The number of hydrogen-bond donors (Lipinski definition) is 1. The van der Waals surface area contributed by atoms with Crippen molar-refractivity contribution in [1.29, 1.82) is 0 Å². The SMILES string of the molecule is CC(=O)NC1C2CN(CCCn3nnc4ccccc4c3=O)CC21.Cl. The van der Waals surface area contributed by atoms with Crippen LogP contribution in [-0.4, -0.2) is 51.5 Å². The average molecular weight is 364 g/mol. The molecule has 0 spiro atoms. The highest BCUT2D eigenvalue weighted by molar-refractivity contribution is 5.85. The number of halogens is 1. The van der Waals surface area contributed by atoms with E-state index in [4.69, 9.17) is 0 Å². The lowest BCUT2D eigenvalue weighted by atomic mass is 10.2. The summed E-state index contributed by atoms with van der Waals surface area (Å²) in [5, 5.41) is 11.8. The van der Waals surface area contributed by atoms with Gasteiger partial charge in [-0.1, -0.05) is 17.3 Å². The summed E-state index contributed by atoms with van der Waals surface area (Å²) >= 11 is 0. The summed E-state index contributed by atoms with van der Waals surface area (Å²) in [7, 11) is 0. The number of nitrogens with one attached hydrogen (secondary N) is 1. The lowest BCUT2D eigenvalue weighted by molar-refractivity contribution is -0.119. The molecule has 1 saturated carbocycles. The van der Waals surface area contributed by atoms with Gasteiger partial charge in [0.2, 0.25) is 5.91 Å². The second-order valence-electron chi connectivity index (χ2n) is 6.80. The summed E-state index contributed by atoms with van der Waals surface area (Å²) in [6.45, 7) is 5.17. The molecule has 4 rings (SSSR count). The number of benzene rings is 1. The minimum atomic E-state index is -0.0735. The molecule has 1 amide bonds. The molecule has 1 aromatic carbocycles. The van der Waals surface area contributed by atoms with E-state index in [1.54, 1.807) is 19.1 Å². The maximum absolute atomic E-state index is 12.4. The Morgan fingerprint density at radius 1 is 1.24 bits per heavy atom. The number of nitrogens with zero attached hydrogens (tertiary/aromatic N) is 4. The van der Waals surface area contributed by atoms with Crippen LogP contribution in [0.15, 0.2) is 29.1 Å². The Bertz CT molecular complexity index is 827. The third kappa shape index (κ3) is 3.52. The maximum Gasteiger partial charge on any atom is 0.277 e. The highest BCUT2D eigenvalue weighted by atomic mass is 35.5. The molecule has 25 heavy (non-hydrogen) atoms. The molecule has 7 nitrogen and oxygen atoms in total. The van der Waals surface area contributed by atoms with E-state index in [2.05, 4.69) is 20.5 Å². The second-order valence-corrected chi connectivity index (χ2v) is 6.80. The van der Waals surface area contributed by atoms with Gasteiger partial charge in [-0.2, -0.15) is 0 Å². The number of hydrogen-bond acceptors (Lipinski definition) is 5. The van der Waals surface area contributed by atoms with E-state index in [-0.39, 0.29) is 23.9 Å². The predicted molar refractivity (Wildman–Crippen MR) is 96.7 cm³/mol. The van der Waals surface area contributed by atoms with E-state index in [0.29, 0.717) is 35.3 Å². The zero-order valence-corrected chi connectivity index (χ0v) is 14.9. The maximum atomic E-state index is 12.4. The fourth-order valence-electron chi connectivity index (χ4n) is 3.86. The number of rotatable bonds is 5. The molecule has 1 aromatic heterocycles. The quantitative estimate of drug-likeness (QED) is 0.844. The number of carbonyl (C=O) groups excluding carboxylic acids is 1. The van der Waals surface area contributed by atoms with Crippen molar-refractivity contribution in [3.8, 4) is 0 Å². The standard InChI is InChI=1S/C17H21N5O2.ClH/c1-11(23)18-16-13-9-21(10-14(13)16)7-4-8-22-17(24)12-5-2-3-6-15(12)19-20-22;/h2-3,5-6,13-14,16H,4,7-10H2,1H3,(H,18,23);1H. The average Bonchev–Trinajstić information content (AvgIpc) is 3.01. The summed E-state index contributed by atoms with van der Waals surface area (Å²) in [5.74, 6) is 1.28. The first-order valence-electron chi connectivity index (χ1n) is 8.45. The molecular weight excluding hydrogens is 342 g/mol. The number of aryl methyl sites for hydroxylation is 1. The fourth-order valence-corrected chi connectivity index (χ4v) is 3.86. The Morgan fingerprint density at radius 3 is 2.68 bits per heavy atom. The molecule has 1 saturated heterocycles. The van der Waals surface area contributed by atoms with Gasteiger partial charge in [-0.25, -0.2) is 4.68 Å². The van der Waals surface area contributed by atoms with Crippen LogP contribution in [0.5, 0.6) is 0 Å². The third-order valence-corrected chi connectivity index (χ3v) is 5.11. The van der Waals surface area contributed by atoms with Crippen molar-refractivity contribution in [3.63, 3.8) is 0 Å². The normalized spacial score (nSPS) is 24.6. The zero-order chi connectivity index (χ0) is 16.7. The minimum Gasteiger partial charge on any atom is -0.353 e. The van der Waals surface area contributed by atoms with Gasteiger partial charge in [-0.3, -0.25) is 9.59 Å². The van der Waals surface area contributed by atoms with Crippen LogP contribution < -0.4 is 10.9 Å². The molecule has 2 aliphatic rings. The number of aromatic nitrogens is 3. The van der Waals surface area contributed by atoms with Crippen LogP contribution in [0, 0.1) is 11.8 Å². The lowest BCUT2D eigenvalue weighted by Gasteiger charge is -2.19. The Labute approximate surface area is 151 Å². The van der Waals surface area contributed by atoms with Crippen molar-refractivity contribution in [2.75, 3.05) is 19.6 Å². The van der Waals surface area contributed by atoms with Gasteiger partial charge in [-0.15, -0.1) is 17.5 Å². The highest BCUT2D eigenvalue weighted by Crippen LogP contribution is 2.45. The molecule has 1 N–H and O–H groups in total. The van der Waals surface area contributed by atoms with E-state index in [1.165, 1.54) is 4.68 Å². The molecule has 1 aliphatic heterocycles. The van der Waals surface area contributed by atoms with Crippen LogP contribution in [0.25, 0.3) is 10.9 Å². The van der Waals surface area contributed by atoms with Crippen LogP contribution in [0.2, 0.25) is 0 Å². The largest absolute Gasteiger partial charge is 0.353 e.